The number of carbonyl (C=O) groups is 2. The van der Waals surface area contributed by atoms with E-state index in [2.05, 4.69) is 14.9 Å². The number of fused-ring (bicyclic) bond motifs is 1. The van der Waals surface area contributed by atoms with E-state index >= 15 is 0 Å². The first-order valence-corrected chi connectivity index (χ1v) is 10.6. The van der Waals surface area contributed by atoms with E-state index in [4.69, 9.17) is 0 Å². The highest BCUT2D eigenvalue weighted by atomic mass is 16.2. The SMILES string of the molecule is CC(C)N(C)C(=O)c1cc(NC(=O)c2ccccc2)cc2ncn(C3CCCC3)c12. The van der Waals surface area contributed by atoms with E-state index in [0.717, 1.165) is 23.9 Å². The summed E-state index contributed by atoms with van der Waals surface area (Å²) in [6.45, 7) is 3.98. The average molecular weight is 405 g/mol. The molecule has 0 spiro atoms. The second-order valence-electron chi connectivity index (χ2n) is 8.31. The van der Waals surface area contributed by atoms with Gasteiger partial charge in [-0.3, -0.25) is 9.59 Å². The molecule has 6 heteroatoms. The first-order chi connectivity index (χ1) is 14.5. The molecule has 0 bridgehead atoms. The molecule has 0 aliphatic heterocycles. The molecule has 2 amide bonds. The topological polar surface area (TPSA) is 67.2 Å². The lowest BCUT2D eigenvalue weighted by Crippen LogP contribution is -2.33. The largest absolute Gasteiger partial charge is 0.339 e. The molecule has 1 aliphatic rings. The number of amides is 2. The first-order valence-electron chi connectivity index (χ1n) is 10.6. The molecule has 4 rings (SSSR count). The molecule has 0 unspecified atom stereocenters. The number of aromatic nitrogens is 2. The number of carbonyl (C=O) groups excluding carboxylic acids is 2. The van der Waals surface area contributed by atoms with Crippen LogP contribution < -0.4 is 5.32 Å². The molecule has 1 heterocycles. The zero-order valence-corrected chi connectivity index (χ0v) is 17.8. The highest BCUT2D eigenvalue weighted by molar-refractivity contribution is 6.09. The minimum atomic E-state index is -0.208. The van der Waals surface area contributed by atoms with Crippen molar-refractivity contribution in [1.29, 1.82) is 0 Å². The smallest absolute Gasteiger partial charge is 0.256 e. The predicted octanol–water partition coefficient (Wildman–Crippen LogP) is 4.88. The van der Waals surface area contributed by atoms with Gasteiger partial charge in [0, 0.05) is 30.4 Å². The summed E-state index contributed by atoms with van der Waals surface area (Å²) in [6, 6.07) is 13.1. The van der Waals surface area contributed by atoms with E-state index in [1.807, 2.05) is 51.5 Å². The van der Waals surface area contributed by atoms with Gasteiger partial charge in [-0.15, -0.1) is 0 Å². The van der Waals surface area contributed by atoms with Gasteiger partial charge in [-0.05, 0) is 51.0 Å². The fourth-order valence-electron chi connectivity index (χ4n) is 4.08. The number of hydrogen-bond acceptors (Lipinski definition) is 3. The molecule has 2 aromatic carbocycles. The number of nitrogens with zero attached hydrogens (tertiary/aromatic N) is 3. The third-order valence-electron chi connectivity index (χ3n) is 6.01. The minimum absolute atomic E-state index is 0.0643. The van der Waals surface area contributed by atoms with E-state index < -0.39 is 0 Å². The van der Waals surface area contributed by atoms with Crippen LogP contribution >= 0.6 is 0 Å². The number of nitrogens with one attached hydrogen (secondary N) is 1. The van der Waals surface area contributed by atoms with Crippen LogP contribution in [0.4, 0.5) is 5.69 Å². The van der Waals surface area contributed by atoms with Gasteiger partial charge in [-0.2, -0.15) is 0 Å². The number of rotatable bonds is 5. The first kappa shape index (κ1) is 20.1. The van der Waals surface area contributed by atoms with Crippen LogP contribution in [0.2, 0.25) is 0 Å². The van der Waals surface area contributed by atoms with Crippen LogP contribution in [0.3, 0.4) is 0 Å². The summed E-state index contributed by atoms with van der Waals surface area (Å²) >= 11 is 0. The number of hydrogen-bond donors (Lipinski definition) is 1. The molecule has 1 N–H and O–H groups in total. The fraction of sp³-hybridized carbons (Fsp3) is 0.375. The van der Waals surface area contributed by atoms with Crippen LogP contribution in [0.5, 0.6) is 0 Å². The molecule has 1 saturated carbocycles. The van der Waals surface area contributed by atoms with E-state index in [0.29, 0.717) is 22.9 Å². The molecule has 30 heavy (non-hydrogen) atoms. The van der Waals surface area contributed by atoms with Crippen molar-refractivity contribution in [3.8, 4) is 0 Å². The maximum Gasteiger partial charge on any atom is 0.256 e. The Morgan fingerprint density at radius 2 is 1.83 bits per heavy atom. The Balaban J connectivity index is 1.78. The van der Waals surface area contributed by atoms with E-state index in [1.165, 1.54) is 12.8 Å². The average Bonchev–Trinajstić information content (AvgIpc) is 3.42. The van der Waals surface area contributed by atoms with Crippen LogP contribution in [-0.2, 0) is 0 Å². The summed E-state index contributed by atoms with van der Waals surface area (Å²) in [5.74, 6) is -0.272. The van der Waals surface area contributed by atoms with Crippen molar-refractivity contribution in [3.63, 3.8) is 0 Å². The molecule has 1 fully saturated rings. The molecule has 0 radical (unpaired) electrons. The molecule has 3 aromatic rings. The molecule has 1 aromatic heterocycles. The van der Waals surface area contributed by atoms with E-state index in [9.17, 15) is 9.59 Å². The lowest BCUT2D eigenvalue weighted by atomic mass is 10.1. The van der Waals surface area contributed by atoms with Gasteiger partial charge in [0.25, 0.3) is 11.8 Å². The Morgan fingerprint density at radius 3 is 2.50 bits per heavy atom. The van der Waals surface area contributed by atoms with Crippen molar-refractivity contribution in [2.45, 2.75) is 51.6 Å². The molecular weight excluding hydrogens is 376 g/mol. The Kier molecular flexibility index (Phi) is 5.57. The van der Waals surface area contributed by atoms with Crippen LogP contribution in [0.1, 0.15) is 66.3 Å². The molecule has 6 nitrogen and oxygen atoms in total. The summed E-state index contributed by atoms with van der Waals surface area (Å²) in [6.07, 6.45) is 6.45. The Labute approximate surface area is 176 Å². The highest BCUT2D eigenvalue weighted by Gasteiger charge is 2.25. The zero-order valence-electron chi connectivity index (χ0n) is 17.8. The van der Waals surface area contributed by atoms with E-state index in [1.54, 1.807) is 23.1 Å². The van der Waals surface area contributed by atoms with Gasteiger partial charge in [0.1, 0.15) is 0 Å². The highest BCUT2D eigenvalue weighted by Crippen LogP contribution is 2.34. The van der Waals surface area contributed by atoms with Crippen molar-refractivity contribution >= 4 is 28.5 Å². The van der Waals surface area contributed by atoms with Gasteiger partial charge in [0.2, 0.25) is 0 Å². The zero-order chi connectivity index (χ0) is 21.3. The Hall–Kier alpha value is -3.15. The monoisotopic (exact) mass is 404 g/mol. The molecule has 0 saturated heterocycles. The quantitative estimate of drug-likeness (QED) is 0.659. The Bertz CT molecular complexity index is 1070. The maximum absolute atomic E-state index is 13.3. The van der Waals surface area contributed by atoms with Crippen molar-refractivity contribution in [3.05, 3.63) is 59.9 Å². The summed E-state index contributed by atoms with van der Waals surface area (Å²) < 4.78 is 2.16. The standard InChI is InChI=1S/C24H28N4O2/c1-16(2)27(3)24(30)20-13-18(26-23(29)17-9-5-4-6-10-17)14-21-22(20)28(15-25-21)19-11-7-8-12-19/h4-6,9-10,13-16,19H,7-8,11-12H2,1-3H3,(H,26,29). The number of imidazole rings is 1. The molecular formula is C24H28N4O2. The summed E-state index contributed by atoms with van der Waals surface area (Å²) in [4.78, 5) is 32.3. The van der Waals surface area contributed by atoms with Crippen LogP contribution in [-0.4, -0.2) is 39.4 Å². The van der Waals surface area contributed by atoms with Gasteiger partial charge in [-0.1, -0.05) is 31.0 Å². The van der Waals surface area contributed by atoms with Crippen LogP contribution in [0.15, 0.2) is 48.8 Å². The summed E-state index contributed by atoms with van der Waals surface area (Å²) in [5, 5.41) is 2.93. The van der Waals surface area contributed by atoms with Crippen molar-refractivity contribution < 1.29 is 9.59 Å². The van der Waals surface area contributed by atoms with E-state index in [-0.39, 0.29) is 17.9 Å². The second kappa shape index (κ2) is 8.30. The minimum Gasteiger partial charge on any atom is -0.339 e. The van der Waals surface area contributed by atoms with Crippen molar-refractivity contribution in [1.82, 2.24) is 14.5 Å². The third kappa shape index (κ3) is 3.82. The summed E-state index contributed by atoms with van der Waals surface area (Å²) in [5.41, 5.74) is 3.32. The molecule has 1 aliphatic carbocycles. The van der Waals surface area contributed by atoms with Crippen molar-refractivity contribution in [2.75, 3.05) is 12.4 Å². The fourth-order valence-corrected chi connectivity index (χ4v) is 4.08. The van der Waals surface area contributed by atoms with Crippen LogP contribution in [0, 0.1) is 0 Å². The second-order valence-corrected chi connectivity index (χ2v) is 8.31. The number of benzene rings is 2. The van der Waals surface area contributed by atoms with Crippen LogP contribution in [0.25, 0.3) is 11.0 Å². The van der Waals surface area contributed by atoms with Gasteiger partial charge >= 0.3 is 0 Å². The van der Waals surface area contributed by atoms with Gasteiger partial charge in [0.15, 0.2) is 0 Å². The lowest BCUT2D eigenvalue weighted by Gasteiger charge is -2.23. The maximum atomic E-state index is 13.3. The number of anilines is 1. The van der Waals surface area contributed by atoms with Gasteiger partial charge < -0.3 is 14.8 Å². The van der Waals surface area contributed by atoms with Gasteiger partial charge in [0.05, 0.1) is 22.9 Å². The van der Waals surface area contributed by atoms with Crippen molar-refractivity contribution in [2.24, 2.45) is 0 Å². The lowest BCUT2D eigenvalue weighted by molar-refractivity contribution is 0.0756. The van der Waals surface area contributed by atoms with Gasteiger partial charge in [-0.25, -0.2) is 4.98 Å². The molecule has 156 valence electrons. The predicted molar refractivity (Wildman–Crippen MR) is 119 cm³/mol. The molecule has 0 atom stereocenters. The normalized spacial score (nSPS) is 14.4. The summed E-state index contributed by atoms with van der Waals surface area (Å²) in [7, 11) is 1.81. The Morgan fingerprint density at radius 1 is 1.13 bits per heavy atom. The third-order valence-corrected chi connectivity index (χ3v) is 6.01.